The molecular formula is C13H18N2O3. The Bertz CT molecular complexity index is 432. The van der Waals surface area contributed by atoms with Crippen LogP contribution in [-0.2, 0) is 4.79 Å². The molecule has 1 atom stereocenters. The monoisotopic (exact) mass is 250 g/mol. The number of benzene rings is 1. The van der Waals surface area contributed by atoms with Gasteiger partial charge in [0.1, 0.15) is 6.04 Å². The average Bonchev–Trinajstić information content (AvgIpc) is 2.34. The minimum atomic E-state index is -0.928. The summed E-state index contributed by atoms with van der Waals surface area (Å²) in [7, 11) is 0. The predicted molar refractivity (Wildman–Crippen MR) is 69.5 cm³/mol. The maximum absolute atomic E-state index is 11.2. The van der Waals surface area contributed by atoms with Crippen molar-refractivity contribution < 1.29 is 14.7 Å². The van der Waals surface area contributed by atoms with Crippen LogP contribution in [0.5, 0.6) is 0 Å². The Hall–Kier alpha value is -2.04. The fourth-order valence-corrected chi connectivity index (χ4v) is 1.68. The number of carbonyl (C=O) groups excluding carboxylic acids is 1. The van der Waals surface area contributed by atoms with Gasteiger partial charge in [0.15, 0.2) is 0 Å². The topological polar surface area (TPSA) is 92.4 Å². The Balaban J connectivity index is 2.86. The van der Waals surface area contributed by atoms with E-state index in [1.165, 1.54) is 0 Å². The number of anilines is 1. The van der Waals surface area contributed by atoms with Crippen LogP contribution in [0.25, 0.3) is 0 Å². The van der Waals surface area contributed by atoms with E-state index in [0.29, 0.717) is 17.7 Å². The zero-order valence-corrected chi connectivity index (χ0v) is 10.3. The number of hydrogen-bond acceptors (Lipinski definition) is 3. The first-order chi connectivity index (χ1) is 8.56. The zero-order valence-electron chi connectivity index (χ0n) is 10.3. The van der Waals surface area contributed by atoms with E-state index < -0.39 is 17.9 Å². The van der Waals surface area contributed by atoms with Gasteiger partial charge >= 0.3 is 5.97 Å². The highest BCUT2D eigenvalue weighted by atomic mass is 16.4. The highest BCUT2D eigenvalue weighted by Gasteiger charge is 2.18. The number of carboxylic acids is 1. The van der Waals surface area contributed by atoms with Gasteiger partial charge in [0, 0.05) is 5.69 Å². The van der Waals surface area contributed by atoms with Gasteiger partial charge in [-0.05, 0) is 18.6 Å². The van der Waals surface area contributed by atoms with E-state index in [2.05, 4.69) is 5.32 Å². The first-order valence-electron chi connectivity index (χ1n) is 5.94. The molecule has 1 aromatic carbocycles. The molecule has 18 heavy (non-hydrogen) atoms. The molecule has 1 aromatic rings. The number of nitrogens with two attached hydrogens (primary N) is 1. The van der Waals surface area contributed by atoms with Crippen LogP contribution in [0, 0.1) is 0 Å². The molecule has 0 spiro atoms. The van der Waals surface area contributed by atoms with Crippen molar-refractivity contribution in [2.24, 2.45) is 5.73 Å². The molecule has 4 N–H and O–H groups in total. The molecule has 1 amide bonds. The molecule has 0 aliphatic carbocycles. The minimum Gasteiger partial charge on any atom is -0.480 e. The third-order valence-electron chi connectivity index (χ3n) is 2.67. The van der Waals surface area contributed by atoms with Crippen molar-refractivity contribution in [3.8, 4) is 0 Å². The number of amides is 1. The summed E-state index contributed by atoms with van der Waals surface area (Å²) in [6, 6.07) is 5.94. The first kappa shape index (κ1) is 14.0. The molecule has 0 heterocycles. The second-order valence-corrected chi connectivity index (χ2v) is 4.09. The number of hydrogen-bond donors (Lipinski definition) is 3. The van der Waals surface area contributed by atoms with E-state index in [-0.39, 0.29) is 0 Å². The van der Waals surface area contributed by atoms with Gasteiger partial charge < -0.3 is 16.2 Å². The van der Waals surface area contributed by atoms with Gasteiger partial charge in [-0.2, -0.15) is 0 Å². The quantitative estimate of drug-likeness (QED) is 0.688. The van der Waals surface area contributed by atoms with Crippen LogP contribution in [-0.4, -0.2) is 23.0 Å². The SMILES string of the molecule is CCCCC(Nc1ccccc1C(N)=O)C(=O)O. The van der Waals surface area contributed by atoms with Crippen molar-refractivity contribution in [2.45, 2.75) is 32.2 Å². The smallest absolute Gasteiger partial charge is 0.326 e. The maximum atomic E-state index is 11.2. The Labute approximate surface area is 106 Å². The fraction of sp³-hybridized carbons (Fsp3) is 0.385. The second kappa shape index (κ2) is 6.64. The summed E-state index contributed by atoms with van der Waals surface area (Å²) in [6.45, 7) is 2.00. The largest absolute Gasteiger partial charge is 0.480 e. The number of nitrogens with one attached hydrogen (secondary N) is 1. The van der Waals surface area contributed by atoms with E-state index in [9.17, 15) is 9.59 Å². The molecule has 5 heteroatoms. The lowest BCUT2D eigenvalue weighted by Gasteiger charge is -2.17. The van der Waals surface area contributed by atoms with Crippen LogP contribution in [0.15, 0.2) is 24.3 Å². The van der Waals surface area contributed by atoms with Crippen LogP contribution in [0.3, 0.4) is 0 Å². The lowest BCUT2D eigenvalue weighted by Crippen LogP contribution is -2.30. The van der Waals surface area contributed by atoms with Crippen molar-refractivity contribution in [1.82, 2.24) is 0 Å². The summed E-state index contributed by atoms with van der Waals surface area (Å²) in [6.07, 6.45) is 2.24. The van der Waals surface area contributed by atoms with Crippen molar-refractivity contribution in [1.29, 1.82) is 0 Å². The van der Waals surface area contributed by atoms with Crippen molar-refractivity contribution in [3.63, 3.8) is 0 Å². The van der Waals surface area contributed by atoms with Crippen LogP contribution in [0.1, 0.15) is 36.5 Å². The summed E-state index contributed by atoms with van der Waals surface area (Å²) in [5.41, 5.74) is 6.01. The number of aliphatic carboxylic acids is 1. The lowest BCUT2D eigenvalue weighted by molar-refractivity contribution is -0.138. The van der Waals surface area contributed by atoms with Gasteiger partial charge in [0.2, 0.25) is 0 Å². The summed E-state index contributed by atoms with van der Waals surface area (Å²) in [5, 5.41) is 12.0. The van der Waals surface area contributed by atoms with Gasteiger partial charge in [-0.25, -0.2) is 4.79 Å². The Kier molecular flexibility index (Phi) is 5.17. The Morgan fingerprint density at radius 1 is 1.39 bits per heavy atom. The van der Waals surface area contributed by atoms with E-state index in [1.807, 2.05) is 6.92 Å². The van der Waals surface area contributed by atoms with Crippen LogP contribution < -0.4 is 11.1 Å². The maximum Gasteiger partial charge on any atom is 0.326 e. The normalized spacial score (nSPS) is 11.8. The summed E-state index contributed by atoms with van der Waals surface area (Å²) >= 11 is 0. The molecule has 0 aromatic heterocycles. The van der Waals surface area contributed by atoms with E-state index >= 15 is 0 Å². The molecule has 0 saturated carbocycles. The second-order valence-electron chi connectivity index (χ2n) is 4.09. The number of para-hydroxylation sites is 1. The first-order valence-corrected chi connectivity index (χ1v) is 5.94. The van der Waals surface area contributed by atoms with Gasteiger partial charge in [-0.3, -0.25) is 4.79 Å². The molecule has 5 nitrogen and oxygen atoms in total. The van der Waals surface area contributed by atoms with Gasteiger partial charge in [-0.1, -0.05) is 31.9 Å². The summed E-state index contributed by atoms with van der Waals surface area (Å²) in [4.78, 5) is 22.3. The third-order valence-corrected chi connectivity index (χ3v) is 2.67. The Morgan fingerprint density at radius 2 is 2.06 bits per heavy atom. The fourth-order valence-electron chi connectivity index (χ4n) is 1.68. The van der Waals surface area contributed by atoms with Crippen molar-refractivity contribution >= 4 is 17.6 Å². The zero-order chi connectivity index (χ0) is 13.5. The van der Waals surface area contributed by atoms with Gasteiger partial charge in [0.25, 0.3) is 5.91 Å². The van der Waals surface area contributed by atoms with Gasteiger partial charge in [-0.15, -0.1) is 0 Å². The summed E-state index contributed by atoms with van der Waals surface area (Å²) in [5.74, 6) is -1.50. The standard InChI is InChI=1S/C13H18N2O3/c1-2-3-7-11(13(17)18)15-10-8-5-4-6-9(10)12(14)16/h4-6,8,11,15H,2-3,7H2,1H3,(H2,14,16)(H,17,18). The molecule has 0 saturated heterocycles. The third kappa shape index (κ3) is 3.76. The number of primary amides is 1. The van der Waals surface area contributed by atoms with Crippen LogP contribution in [0.4, 0.5) is 5.69 Å². The van der Waals surface area contributed by atoms with Crippen molar-refractivity contribution in [2.75, 3.05) is 5.32 Å². The highest BCUT2D eigenvalue weighted by Crippen LogP contribution is 2.17. The van der Waals surface area contributed by atoms with E-state index in [0.717, 1.165) is 12.8 Å². The number of rotatable bonds is 7. The molecule has 1 rings (SSSR count). The molecule has 98 valence electrons. The lowest BCUT2D eigenvalue weighted by atomic mass is 10.1. The molecular weight excluding hydrogens is 232 g/mol. The Morgan fingerprint density at radius 3 is 2.61 bits per heavy atom. The van der Waals surface area contributed by atoms with E-state index in [4.69, 9.17) is 10.8 Å². The molecule has 0 aliphatic rings. The van der Waals surface area contributed by atoms with Crippen LogP contribution in [0.2, 0.25) is 0 Å². The number of carboxylic acid groups (broad SMARTS) is 1. The number of carbonyl (C=O) groups is 2. The molecule has 1 unspecified atom stereocenters. The molecule has 0 fully saturated rings. The van der Waals surface area contributed by atoms with Crippen molar-refractivity contribution in [3.05, 3.63) is 29.8 Å². The minimum absolute atomic E-state index is 0.306. The molecule has 0 bridgehead atoms. The number of unbranched alkanes of at least 4 members (excludes halogenated alkanes) is 1. The van der Waals surface area contributed by atoms with E-state index in [1.54, 1.807) is 24.3 Å². The predicted octanol–water partition coefficient (Wildman–Crippen LogP) is 1.84. The molecule has 0 aliphatic heterocycles. The highest BCUT2D eigenvalue weighted by molar-refractivity contribution is 5.99. The van der Waals surface area contributed by atoms with Gasteiger partial charge in [0.05, 0.1) is 5.56 Å². The summed E-state index contributed by atoms with van der Waals surface area (Å²) < 4.78 is 0. The average molecular weight is 250 g/mol. The van der Waals surface area contributed by atoms with Crippen LogP contribution >= 0.6 is 0 Å². The molecule has 0 radical (unpaired) electrons.